The summed E-state index contributed by atoms with van der Waals surface area (Å²) in [4.78, 5) is 13.4. The lowest BCUT2D eigenvalue weighted by Crippen LogP contribution is -2.33. The lowest BCUT2D eigenvalue weighted by molar-refractivity contribution is 0.203. The number of anilines is 1. The summed E-state index contributed by atoms with van der Waals surface area (Å²) in [5.41, 5.74) is 6.55. The first-order chi connectivity index (χ1) is 12.6. The fourth-order valence-corrected chi connectivity index (χ4v) is 3.63. The van der Waals surface area contributed by atoms with E-state index in [1.807, 2.05) is 12.1 Å². The van der Waals surface area contributed by atoms with Crippen LogP contribution >= 0.6 is 0 Å². The second-order valence-corrected chi connectivity index (χ2v) is 7.08. The van der Waals surface area contributed by atoms with Gasteiger partial charge in [-0.15, -0.1) is 0 Å². The summed E-state index contributed by atoms with van der Waals surface area (Å²) in [6.07, 6.45) is 5.91. The molecular formula is C20H28FN5. The van der Waals surface area contributed by atoms with Crippen LogP contribution in [-0.4, -0.2) is 52.5 Å². The van der Waals surface area contributed by atoms with Crippen LogP contribution < -0.4 is 5.73 Å². The van der Waals surface area contributed by atoms with Crippen molar-refractivity contribution < 1.29 is 4.39 Å². The maximum Gasteiger partial charge on any atom is 0.144 e. The van der Waals surface area contributed by atoms with E-state index in [1.54, 1.807) is 24.4 Å². The third kappa shape index (κ3) is 5.22. The van der Waals surface area contributed by atoms with Gasteiger partial charge in [-0.1, -0.05) is 18.2 Å². The van der Waals surface area contributed by atoms with Gasteiger partial charge in [0.05, 0.1) is 6.54 Å². The maximum absolute atomic E-state index is 13.8. The van der Waals surface area contributed by atoms with Gasteiger partial charge in [0.15, 0.2) is 0 Å². The smallest absolute Gasteiger partial charge is 0.144 e. The van der Waals surface area contributed by atoms with Crippen LogP contribution in [0, 0.1) is 5.82 Å². The van der Waals surface area contributed by atoms with E-state index in [0.717, 1.165) is 56.7 Å². The summed E-state index contributed by atoms with van der Waals surface area (Å²) < 4.78 is 13.8. The molecule has 2 heterocycles. The van der Waals surface area contributed by atoms with E-state index in [4.69, 9.17) is 5.73 Å². The average molecular weight is 357 g/mol. The number of likely N-dealkylation sites (tertiary alicyclic amines) is 1. The molecule has 5 nitrogen and oxygen atoms in total. The minimum absolute atomic E-state index is 0.0953. The summed E-state index contributed by atoms with van der Waals surface area (Å²) in [5.74, 6) is 1.19. The van der Waals surface area contributed by atoms with Crippen LogP contribution in [0.1, 0.15) is 30.7 Å². The molecule has 0 amide bonds. The fourth-order valence-electron chi connectivity index (χ4n) is 3.63. The normalized spacial score (nSPS) is 18.8. The molecule has 140 valence electrons. The molecule has 0 radical (unpaired) electrons. The molecule has 1 aromatic heterocycles. The molecule has 1 unspecified atom stereocenters. The van der Waals surface area contributed by atoms with Crippen molar-refractivity contribution in [3.63, 3.8) is 0 Å². The molecule has 3 rings (SSSR count). The predicted molar refractivity (Wildman–Crippen MR) is 102 cm³/mol. The third-order valence-electron chi connectivity index (χ3n) is 5.19. The van der Waals surface area contributed by atoms with Crippen molar-refractivity contribution >= 4 is 5.82 Å². The standard InChI is InChI=1S/C20H28FN5/c1-25(15-20-23-11-8-19(22)24-20)17-6-4-12-26(14-10-17)13-9-16-5-2-3-7-18(16)21/h2-3,5,7-8,11,17H,4,6,9-10,12-15H2,1H3,(H2,22,23,24). The third-order valence-corrected chi connectivity index (χ3v) is 5.19. The Morgan fingerprint density at radius 1 is 1.23 bits per heavy atom. The highest BCUT2D eigenvalue weighted by atomic mass is 19.1. The molecule has 1 aromatic carbocycles. The summed E-state index contributed by atoms with van der Waals surface area (Å²) in [6, 6.07) is 9.30. The van der Waals surface area contributed by atoms with Crippen LogP contribution in [-0.2, 0) is 13.0 Å². The molecule has 1 atom stereocenters. The van der Waals surface area contributed by atoms with Gasteiger partial charge in [0.25, 0.3) is 0 Å². The van der Waals surface area contributed by atoms with Crippen molar-refractivity contribution in [2.75, 3.05) is 32.4 Å². The van der Waals surface area contributed by atoms with Gasteiger partial charge in [-0.2, -0.15) is 0 Å². The SMILES string of the molecule is CN(Cc1nccc(N)n1)C1CCCN(CCc2ccccc2F)CC1. The molecule has 0 bridgehead atoms. The van der Waals surface area contributed by atoms with Crippen molar-refractivity contribution in [2.45, 2.75) is 38.3 Å². The van der Waals surface area contributed by atoms with Gasteiger partial charge in [0.1, 0.15) is 17.5 Å². The Balaban J connectivity index is 1.49. The van der Waals surface area contributed by atoms with Crippen LogP contribution in [0.15, 0.2) is 36.5 Å². The molecule has 6 heteroatoms. The van der Waals surface area contributed by atoms with Crippen LogP contribution in [0.25, 0.3) is 0 Å². The molecular weight excluding hydrogens is 329 g/mol. The highest BCUT2D eigenvalue weighted by Gasteiger charge is 2.21. The lowest BCUT2D eigenvalue weighted by atomic mass is 10.1. The van der Waals surface area contributed by atoms with Gasteiger partial charge in [0.2, 0.25) is 0 Å². The van der Waals surface area contributed by atoms with E-state index in [2.05, 4.69) is 26.8 Å². The molecule has 26 heavy (non-hydrogen) atoms. The van der Waals surface area contributed by atoms with E-state index in [1.165, 1.54) is 0 Å². The molecule has 2 aromatic rings. The zero-order chi connectivity index (χ0) is 18.4. The fraction of sp³-hybridized carbons (Fsp3) is 0.500. The quantitative estimate of drug-likeness (QED) is 0.861. The number of hydrogen-bond donors (Lipinski definition) is 1. The lowest BCUT2D eigenvalue weighted by Gasteiger charge is -2.26. The Kier molecular flexibility index (Phi) is 6.52. The first-order valence-electron chi connectivity index (χ1n) is 9.35. The minimum Gasteiger partial charge on any atom is -0.384 e. The van der Waals surface area contributed by atoms with Gasteiger partial charge >= 0.3 is 0 Å². The average Bonchev–Trinajstić information content (AvgIpc) is 2.87. The van der Waals surface area contributed by atoms with Crippen molar-refractivity contribution in [3.05, 3.63) is 53.7 Å². The van der Waals surface area contributed by atoms with E-state index in [9.17, 15) is 4.39 Å². The van der Waals surface area contributed by atoms with E-state index >= 15 is 0 Å². The highest BCUT2D eigenvalue weighted by Crippen LogP contribution is 2.18. The first kappa shape index (κ1) is 18.7. The number of rotatable bonds is 6. The Labute approximate surface area is 155 Å². The monoisotopic (exact) mass is 357 g/mol. The van der Waals surface area contributed by atoms with E-state index < -0.39 is 0 Å². The number of halogens is 1. The molecule has 1 aliphatic heterocycles. The van der Waals surface area contributed by atoms with Gasteiger partial charge in [-0.3, -0.25) is 4.90 Å². The van der Waals surface area contributed by atoms with Crippen LogP contribution in [0.2, 0.25) is 0 Å². The zero-order valence-corrected chi connectivity index (χ0v) is 15.4. The van der Waals surface area contributed by atoms with Crippen molar-refractivity contribution in [1.29, 1.82) is 0 Å². The van der Waals surface area contributed by atoms with Gasteiger partial charge < -0.3 is 10.6 Å². The minimum atomic E-state index is -0.0953. The number of nitrogens with zero attached hydrogens (tertiary/aromatic N) is 4. The molecule has 2 N–H and O–H groups in total. The number of hydrogen-bond acceptors (Lipinski definition) is 5. The van der Waals surface area contributed by atoms with Gasteiger partial charge in [-0.05, 0) is 63.5 Å². The second-order valence-electron chi connectivity index (χ2n) is 7.08. The maximum atomic E-state index is 13.8. The van der Waals surface area contributed by atoms with Crippen molar-refractivity contribution in [2.24, 2.45) is 0 Å². The molecule has 0 aliphatic carbocycles. The Morgan fingerprint density at radius 2 is 2.08 bits per heavy atom. The Bertz CT molecular complexity index is 708. The van der Waals surface area contributed by atoms with Crippen LogP contribution in [0.5, 0.6) is 0 Å². The topological polar surface area (TPSA) is 58.3 Å². The molecule has 1 saturated heterocycles. The Morgan fingerprint density at radius 3 is 2.88 bits per heavy atom. The number of aromatic nitrogens is 2. The number of nitrogen functional groups attached to an aromatic ring is 1. The molecule has 1 fully saturated rings. The highest BCUT2D eigenvalue weighted by molar-refractivity contribution is 5.25. The molecule has 0 spiro atoms. The largest absolute Gasteiger partial charge is 0.384 e. The van der Waals surface area contributed by atoms with E-state index in [0.29, 0.717) is 18.4 Å². The molecule has 0 saturated carbocycles. The number of nitrogens with two attached hydrogens (primary N) is 1. The van der Waals surface area contributed by atoms with Crippen molar-refractivity contribution in [1.82, 2.24) is 19.8 Å². The van der Waals surface area contributed by atoms with E-state index in [-0.39, 0.29) is 5.82 Å². The number of benzene rings is 1. The summed E-state index contributed by atoms with van der Waals surface area (Å²) >= 11 is 0. The summed E-state index contributed by atoms with van der Waals surface area (Å²) in [6.45, 7) is 3.75. The Hall–Kier alpha value is -2.05. The van der Waals surface area contributed by atoms with Gasteiger partial charge in [-0.25, -0.2) is 14.4 Å². The zero-order valence-electron chi connectivity index (χ0n) is 15.4. The predicted octanol–water partition coefficient (Wildman–Crippen LogP) is 2.73. The van der Waals surface area contributed by atoms with Gasteiger partial charge in [0, 0.05) is 18.8 Å². The van der Waals surface area contributed by atoms with Crippen LogP contribution in [0.3, 0.4) is 0 Å². The first-order valence-corrected chi connectivity index (χ1v) is 9.35. The second kappa shape index (κ2) is 9.05. The molecule has 1 aliphatic rings. The van der Waals surface area contributed by atoms with Crippen LogP contribution in [0.4, 0.5) is 10.2 Å². The van der Waals surface area contributed by atoms with Crippen molar-refractivity contribution in [3.8, 4) is 0 Å². The summed E-state index contributed by atoms with van der Waals surface area (Å²) in [7, 11) is 2.13. The summed E-state index contributed by atoms with van der Waals surface area (Å²) in [5, 5.41) is 0.